The van der Waals surface area contributed by atoms with E-state index in [1.807, 2.05) is 0 Å². The number of hydrogen-bond acceptors (Lipinski definition) is 4. The highest BCUT2D eigenvalue weighted by molar-refractivity contribution is 7.99. The highest BCUT2D eigenvalue weighted by Gasteiger charge is 2.13. The van der Waals surface area contributed by atoms with E-state index in [9.17, 15) is 14.3 Å². The summed E-state index contributed by atoms with van der Waals surface area (Å²) >= 11 is 1.60. The van der Waals surface area contributed by atoms with Crippen molar-refractivity contribution in [3.63, 3.8) is 0 Å². The maximum atomic E-state index is 12.8. The highest BCUT2D eigenvalue weighted by atomic mass is 32.2. The van der Waals surface area contributed by atoms with Gasteiger partial charge in [0, 0.05) is 11.4 Å². The number of halogens is 1. The van der Waals surface area contributed by atoms with Crippen molar-refractivity contribution in [1.82, 2.24) is 5.32 Å². The summed E-state index contributed by atoms with van der Waals surface area (Å²) in [4.78, 5) is 13.0. The summed E-state index contributed by atoms with van der Waals surface area (Å²) in [6.45, 7) is 0.490. The molecule has 0 spiro atoms. The number of phenols is 1. The molecule has 0 aliphatic carbocycles. The van der Waals surface area contributed by atoms with Gasteiger partial charge in [0.25, 0.3) is 5.91 Å². The van der Waals surface area contributed by atoms with Crippen LogP contribution in [0.25, 0.3) is 0 Å². The zero-order valence-corrected chi connectivity index (χ0v) is 13.5. The van der Waals surface area contributed by atoms with E-state index in [1.54, 1.807) is 42.1 Å². The number of aromatic hydroxyl groups is 1. The predicted octanol–water partition coefficient (Wildman–Crippen LogP) is 3.45. The summed E-state index contributed by atoms with van der Waals surface area (Å²) in [6.07, 6.45) is 0.762. The number of para-hydroxylation sites is 1. The van der Waals surface area contributed by atoms with Crippen LogP contribution in [0.15, 0.2) is 47.4 Å². The van der Waals surface area contributed by atoms with Crippen LogP contribution in [0.2, 0.25) is 0 Å². The minimum absolute atomic E-state index is 0.159. The number of nitrogens with one attached hydrogen (secondary N) is 1. The van der Waals surface area contributed by atoms with Crippen molar-refractivity contribution >= 4 is 17.7 Å². The molecule has 4 nitrogen and oxygen atoms in total. The van der Waals surface area contributed by atoms with Crippen LogP contribution in [-0.4, -0.2) is 30.4 Å². The lowest BCUT2D eigenvalue weighted by atomic mass is 10.1. The number of phenolic OH excluding ortho intramolecular Hbond substituents is 1. The van der Waals surface area contributed by atoms with Gasteiger partial charge < -0.3 is 15.2 Å². The normalized spacial score (nSPS) is 10.3. The summed E-state index contributed by atoms with van der Waals surface area (Å²) < 4.78 is 17.8. The van der Waals surface area contributed by atoms with Gasteiger partial charge >= 0.3 is 0 Å². The molecule has 0 aromatic heterocycles. The average molecular weight is 335 g/mol. The number of carbonyl (C=O) groups is 1. The Bertz CT molecular complexity index is 661. The van der Waals surface area contributed by atoms with Crippen molar-refractivity contribution in [2.24, 2.45) is 0 Å². The first-order chi connectivity index (χ1) is 11.1. The number of methoxy groups -OCH3 is 1. The van der Waals surface area contributed by atoms with Gasteiger partial charge in [0.2, 0.25) is 0 Å². The lowest BCUT2D eigenvalue weighted by molar-refractivity contribution is 0.0950. The first-order valence-corrected chi connectivity index (χ1v) is 8.13. The number of amides is 1. The molecular formula is C17H18FNO3S. The zero-order valence-electron chi connectivity index (χ0n) is 12.7. The van der Waals surface area contributed by atoms with E-state index in [4.69, 9.17) is 4.74 Å². The van der Waals surface area contributed by atoms with Gasteiger partial charge in [0.05, 0.1) is 12.7 Å². The van der Waals surface area contributed by atoms with Crippen molar-refractivity contribution in [3.8, 4) is 11.5 Å². The molecule has 0 aliphatic rings. The fourth-order valence-electron chi connectivity index (χ4n) is 1.96. The molecule has 122 valence electrons. The molecule has 0 heterocycles. The van der Waals surface area contributed by atoms with Gasteiger partial charge in [-0.2, -0.15) is 0 Å². The Morgan fingerprint density at radius 2 is 2.00 bits per heavy atom. The minimum atomic E-state index is -0.340. The first-order valence-electron chi connectivity index (χ1n) is 7.14. The molecule has 2 rings (SSSR count). The lowest BCUT2D eigenvalue weighted by Crippen LogP contribution is -2.24. The van der Waals surface area contributed by atoms with Crippen LogP contribution >= 0.6 is 11.8 Å². The molecule has 0 fully saturated rings. The maximum absolute atomic E-state index is 12.8. The molecule has 0 atom stereocenters. The van der Waals surface area contributed by atoms with Crippen molar-refractivity contribution < 1.29 is 19.0 Å². The Labute approximate surface area is 138 Å². The van der Waals surface area contributed by atoms with Gasteiger partial charge in [-0.15, -0.1) is 11.8 Å². The predicted molar refractivity (Wildman–Crippen MR) is 88.7 cm³/mol. The summed E-state index contributed by atoms with van der Waals surface area (Å²) in [5.74, 6) is 0.321. The SMILES string of the molecule is COc1cccc(C(=O)NCCCSc2ccc(F)cc2)c1O. The van der Waals surface area contributed by atoms with Crippen LogP contribution in [0.3, 0.4) is 0 Å². The van der Waals surface area contributed by atoms with E-state index in [2.05, 4.69) is 5.32 Å². The topological polar surface area (TPSA) is 58.6 Å². The third kappa shape index (κ3) is 4.89. The molecule has 0 radical (unpaired) electrons. The minimum Gasteiger partial charge on any atom is -0.504 e. The molecule has 0 saturated heterocycles. The number of ether oxygens (including phenoxy) is 1. The van der Waals surface area contributed by atoms with E-state index in [0.717, 1.165) is 17.1 Å². The van der Waals surface area contributed by atoms with E-state index >= 15 is 0 Å². The van der Waals surface area contributed by atoms with E-state index in [1.165, 1.54) is 19.2 Å². The number of thioether (sulfide) groups is 1. The molecule has 23 heavy (non-hydrogen) atoms. The van der Waals surface area contributed by atoms with Crippen LogP contribution < -0.4 is 10.1 Å². The van der Waals surface area contributed by atoms with E-state index < -0.39 is 0 Å². The Morgan fingerprint density at radius 3 is 2.70 bits per heavy atom. The van der Waals surface area contributed by atoms with Gasteiger partial charge in [-0.05, 0) is 48.6 Å². The smallest absolute Gasteiger partial charge is 0.255 e. The number of benzene rings is 2. The maximum Gasteiger partial charge on any atom is 0.255 e. The van der Waals surface area contributed by atoms with Gasteiger partial charge in [0.1, 0.15) is 5.82 Å². The average Bonchev–Trinajstić information content (AvgIpc) is 2.56. The third-order valence-electron chi connectivity index (χ3n) is 3.15. The van der Waals surface area contributed by atoms with Gasteiger partial charge in [-0.25, -0.2) is 4.39 Å². The fraction of sp³-hybridized carbons (Fsp3) is 0.235. The molecule has 2 aromatic carbocycles. The van der Waals surface area contributed by atoms with Crippen molar-refractivity contribution in [2.75, 3.05) is 19.4 Å². The molecule has 2 aromatic rings. The molecular weight excluding hydrogens is 317 g/mol. The summed E-state index contributed by atoms with van der Waals surface area (Å²) in [7, 11) is 1.43. The van der Waals surface area contributed by atoms with Crippen LogP contribution in [0.4, 0.5) is 4.39 Å². The number of rotatable bonds is 7. The Kier molecular flexibility index (Phi) is 6.29. The molecule has 6 heteroatoms. The summed E-state index contributed by atoms with van der Waals surface area (Å²) in [5.41, 5.74) is 0.190. The van der Waals surface area contributed by atoms with Gasteiger partial charge in [-0.1, -0.05) is 6.07 Å². The summed E-state index contributed by atoms with van der Waals surface area (Å²) in [6, 6.07) is 11.1. The molecule has 0 bridgehead atoms. The first kappa shape index (κ1) is 17.1. The molecule has 0 aliphatic heterocycles. The third-order valence-corrected chi connectivity index (χ3v) is 4.25. The van der Waals surface area contributed by atoms with Crippen LogP contribution in [0.1, 0.15) is 16.8 Å². The summed E-state index contributed by atoms with van der Waals surface area (Å²) in [5, 5.41) is 12.7. The van der Waals surface area contributed by atoms with Crippen LogP contribution in [-0.2, 0) is 0 Å². The Morgan fingerprint density at radius 1 is 1.26 bits per heavy atom. The number of hydrogen-bond donors (Lipinski definition) is 2. The van der Waals surface area contributed by atoms with Gasteiger partial charge in [-0.3, -0.25) is 4.79 Å². The standard InChI is InChI=1S/C17H18FNO3S/c1-22-15-5-2-4-14(16(15)20)17(21)19-10-3-11-23-13-8-6-12(18)7-9-13/h2,4-9,20H,3,10-11H2,1H3,(H,19,21). The Balaban J connectivity index is 1.76. The second-order valence-electron chi connectivity index (χ2n) is 4.77. The monoisotopic (exact) mass is 335 g/mol. The van der Waals surface area contributed by atoms with Crippen LogP contribution in [0, 0.1) is 5.82 Å². The van der Waals surface area contributed by atoms with E-state index in [-0.39, 0.29) is 28.8 Å². The Hall–Kier alpha value is -2.21. The lowest BCUT2D eigenvalue weighted by Gasteiger charge is -2.09. The quantitative estimate of drug-likeness (QED) is 0.601. The van der Waals surface area contributed by atoms with Gasteiger partial charge in [0.15, 0.2) is 11.5 Å². The number of carbonyl (C=O) groups excluding carboxylic acids is 1. The second kappa shape index (κ2) is 8.43. The fourth-order valence-corrected chi connectivity index (χ4v) is 2.81. The highest BCUT2D eigenvalue weighted by Crippen LogP contribution is 2.29. The zero-order chi connectivity index (χ0) is 16.7. The van der Waals surface area contributed by atoms with E-state index in [0.29, 0.717) is 6.54 Å². The van der Waals surface area contributed by atoms with Crippen molar-refractivity contribution in [3.05, 3.63) is 53.8 Å². The van der Waals surface area contributed by atoms with Crippen LogP contribution in [0.5, 0.6) is 11.5 Å². The second-order valence-corrected chi connectivity index (χ2v) is 5.94. The van der Waals surface area contributed by atoms with Crippen molar-refractivity contribution in [2.45, 2.75) is 11.3 Å². The largest absolute Gasteiger partial charge is 0.504 e. The van der Waals surface area contributed by atoms with Crippen molar-refractivity contribution in [1.29, 1.82) is 0 Å². The molecule has 2 N–H and O–H groups in total. The molecule has 1 amide bonds. The molecule has 0 saturated carbocycles. The molecule has 0 unspecified atom stereocenters.